The number of likely N-dealkylation sites (tertiary alicyclic amines) is 1. The lowest BCUT2D eigenvalue weighted by Crippen LogP contribution is -2.65. The average Bonchev–Trinajstić information content (AvgIpc) is 3.18. The Morgan fingerprint density at radius 2 is 1.97 bits per heavy atom. The van der Waals surface area contributed by atoms with Gasteiger partial charge in [-0.15, -0.1) is 0 Å². The molecule has 2 heterocycles. The summed E-state index contributed by atoms with van der Waals surface area (Å²) < 4.78 is 18.1. The lowest BCUT2D eigenvalue weighted by Gasteiger charge is -2.64. The van der Waals surface area contributed by atoms with Gasteiger partial charge >= 0.3 is 19.2 Å². The van der Waals surface area contributed by atoms with E-state index in [1.807, 2.05) is 0 Å². The number of carbonyl (C=O) groups is 2. The molecular weight excluding hydrogens is 377 g/mol. The molecule has 3 saturated carbocycles. The third-order valence-electron chi connectivity index (χ3n) is 8.38. The molecule has 0 unspecified atom stereocenters. The number of aliphatic carboxylic acids is 1. The predicted molar refractivity (Wildman–Crippen MR) is 105 cm³/mol. The molecule has 29 heavy (non-hydrogen) atoms. The molecule has 5 rings (SSSR count). The fourth-order valence-corrected chi connectivity index (χ4v) is 6.58. The largest absolute Gasteiger partial charge is 0.480 e. The van der Waals surface area contributed by atoms with Gasteiger partial charge in [0, 0.05) is 13.0 Å². The highest BCUT2D eigenvalue weighted by molar-refractivity contribution is 6.45. The van der Waals surface area contributed by atoms with Gasteiger partial charge in [0.25, 0.3) is 0 Å². The van der Waals surface area contributed by atoms with Crippen LogP contribution < -0.4 is 0 Å². The zero-order chi connectivity index (χ0) is 21.1. The van der Waals surface area contributed by atoms with E-state index in [-0.39, 0.29) is 31.3 Å². The minimum Gasteiger partial charge on any atom is -0.480 e. The maximum Gasteiger partial charge on any atom is 0.457 e. The van der Waals surface area contributed by atoms with Gasteiger partial charge in [-0.2, -0.15) is 0 Å². The van der Waals surface area contributed by atoms with Crippen LogP contribution in [-0.2, 0) is 18.8 Å². The van der Waals surface area contributed by atoms with E-state index in [4.69, 9.17) is 14.0 Å². The fourth-order valence-electron chi connectivity index (χ4n) is 6.58. The van der Waals surface area contributed by atoms with Crippen LogP contribution in [0.1, 0.15) is 46.5 Å². The summed E-state index contributed by atoms with van der Waals surface area (Å²) >= 11 is 0. The van der Waals surface area contributed by atoms with E-state index < -0.39 is 24.2 Å². The van der Waals surface area contributed by atoms with Crippen molar-refractivity contribution in [3.8, 4) is 0 Å². The maximum atomic E-state index is 11.7. The summed E-state index contributed by atoms with van der Waals surface area (Å²) in [7, 11) is 1.23. The molecule has 1 amide bonds. The second-order valence-corrected chi connectivity index (χ2v) is 9.99. The molecule has 5 aliphatic rings. The number of nitrogens with zero attached hydrogens (tertiary/aromatic N) is 1. The molecule has 9 heteroatoms. The Bertz CT molecular complexity index is 688. The zero-order valence-electron chi connectivity index (χ0n) is 17.7. The van der Waals surface area contributed by atoms with Gasteiger partial charge in [0.05, 0.1) is 24.4 Å². The van der Waals surface area contributed by atoms with Crippen LogP contribution in [-0.4, -0.2) is 71.8 Å². The van der Waals surface area contributed by atoms with Gasteiger partial charge in [-0.25, -0.2) is 9.59 Å². The van der Waals surface area contributed by atoms with E-state index >= 15 is 0 Å². The second-order valence-electron chi connectivity index (χ2n) is 9.99. The van der Waals surface area contributed by atoms with Crippen molar-refractivity contribution in [2.45, 2.75) is 76.6 Å². The molecule has 2 saturated heterocycles. The van der Waals surface area contributed by atoms with Crippen LogP contribution in [0.2, 0.25) is 6.32 Å². The molecule has 0 aromatic heterocycles. The SMILES string of the molecule is CO[C@H]1CN(C(=O)O)[C@H](C(=O)O)[C@@H]1CCCB1O[C@@H]2C[C@@H]3C[C@@H](C3(C)C)[C@]2(C)O1. The molecule has 2 bridgehead atoms. The van der Waals surface area contributed by atoms with Crippen LogP contribution in [0.4, 0.5) is 4.79 Å². The summed E-state index contributed by atoms with van der Waals surface area (Å²) in [4.78, 5) is 24.1. The number of ether oxygens (including phenoxy) is 1. The third kappa shape index (κ3) is 3.16. The van der Waals surface area contributed by atoms with E-state index in [0.29, 0.717) is 36.4 Å². The van der Waals surface area contributed by atoms with Crippen LogP contribution in [0, 0.1) is 23.2 Å². The highest BCUT2D eigenvalue weighted by atomic mass is 16.7. The number of carboxylic acids is 1. The minimum atomic E-state index is -1.22. The van der Waals surface area contributed by atoms with Crippen molar-refractivity contribution in [3.63, 3.8) is 0 Å². The molecule has 2 aliphatic heterocycles. The van der Waals surface area contributed by atoms with Crippen molar-refractivity contribution in [1.29, 1.82) is 0 Å². The van der Waals surface area contributed by atoms with Crippen LogP contribution in [0.15, 0.2) is 0 Å². The second kappa shape index (κ2) is 7.13. The standard InChI is InChI=1S/C20H32BNO7/c1-19(2)11-8-14(19)20(3)15(9-11)28-21(29-20)7-5-6-12-13(27-4)10-22(18(25)26)16(12)17(23)24/h11-16H,5-10H2,1-4H3,(H,23,24)(H,25,26)/t11-,12+,13-,14-,15+,16-,20-/m0/s1. The lowest BCUT2D eigenvalue weighted by molar-refractivity contribution is -0.199. The normalized spacial score (nSPS) is 42.5. The molecule has 162 valence electrons. The topological polar surface area (TPSA) is 106 Å². The molecular formula is C20H32BNO7. The summed E-state index contributed by atoms with van der Waals surface area (Å²) in [5.41, 5.74) is 0.0586. The Hall–Kier alpha value is -1.32. The molecule has 7 atom stereocenters. The van der Waals surface area contributed by atoms with E-state index in [1.165, 1.54) is 13.5 Å². The smallest absolute Gasteiger partial charge is 0.457 e. The average molecular weight is 409 g/mol. The van der Waals surface area contributed by atoms with Gasteiger partial charge in [-0.05, 0) is 49.8 Å². The van der Waals surface area contributed by atoms with Crippen LogP contribution in [0.3, 0.4) is 0 Å². The van der Waals surface area contributed by atoms with Gasteiger partial charge in [-0.3, -0.25) is 4.90 Å². The monoisotopic (exact) mass is 409 g/mol. The van der Waals surface area contributed by atoms with Gasteiger partial charge in [0.2, 0.25) is 0 Å². The van der Waals surface area contributed by atoms with E-state index in [2.05, 4.69) is 20.8 Å². The molecule has 0 aromatic rings. The number of hydrogen-bond donors (Lipinski definition) is 2. The van der Waals surface area contributed by atoms with Crippen LogP contribution in [0.25, 0.3) is 0 Å². The van der Waals surface area contributed by atoms with Crippen LogP contribution in [0.5, 0.6) is 0 Å². The van der Waals surface area contributed by atoms with E-state index in [9.17, 15) is 19.8 Å². The number of rotatable bonds is 6. The van der Waals surface area contributed by atoms with Crippen molar-refractivity contribution in [2.24, 2.45) is 23.2 Å². The molecule has 0 radical (unpaired) electrons. The zero-order valence-corrected chi connectivity index (χ0v) is 17.7. The van der Waals surface area contributed by atoms with Crippen molar-refractivity contribution < 1.29 is 33.8 Å². The van der Waals surface area contributed by atoms with Gasteiger partial charge in [0.15, 0.2) is 0 Å². The van der Waals surface area contributed by atoms with Crippen molar-refractivity contribution >= 4 is 19.2 Å². The summed E-state index contributed by atoms with van der Waals surface area (Å²) in [6.45, 7) is 6.93. The number of hydrogen-bond acceptors (Lipinski definition) is 5. The summed E-state index contributed by atoms with van der Waals surface area (Å²) in [6.07, 6.45) is 2.69. The van der Waals surface area contributed by atoms with Gasteiger partial charge in [0.1, 0.15) is 6.04 Å². The van der Waals surface area contributed by atoms with Crippen molar-refractivity contribution in [1.82, 2.24) is 4.90 Å². The Morgan fingerprint density at radius 3 is 2.55 bits per heavy atom. The van der Waals surface area contributed by atoms with Gasteiger partial charge in [-0.1, -0.05) is 20.3 Å². The first kappa shape index (κ1) is 20.9. The molecule has 0 spiro atoms. The van der Waals surface area contributed by atoms with Crippen LogP contribution >= 0.6 is 0 Å². The van der Waals surface area contributed by atoms with Crippen molar-refractivity contribution in [3.05, 3.63) is 0 Å². The van der Waals surface area contributed by atoms with Crippen molar-refractivity contribution in [2.75, 3.05) is 13.7 Å². The summed E-state index contributed by atoms with van der Waals surface area (Å²) in [5, 5.41) is 18.9. The molecule has 3 aliphatic carbocycles. The first-order valence-corrected chi connectivity index (χ1v) is 10.7. The third-order valence-corrected chi connectivity index (χ3v) is 8.38. The molecule has 2 N–H and O–H groups in total. The summed E-state index contributed by atoms with van der Waals surface area (Å²) in [6, 6.07) is -1.07. The fraction of sp³-hybridized carbons (Fsp3) is 0.900. The van der Waals surface area contributed by atoms with E-state index in [1.54, 1.807) is 0 Å². The first-order chi connectivity index (χ1) is 13.6. The van der Waals surface area contributed by atoms with Gasteiger partial charge < -0.3 is 24.3 Å². The minimum absolute atomic E-state index is 0.0855. The number of amides is 1. The highest BCUT2D eigenvalue weighted by Crippen LogP contribution is 2.65. The number of carboxylic acid groups (broad SMARTS) is 2. The maximum absolute atomic E-state index is 11.7. The Morgan fingerprint density at radius 1 is 1.24 bits per heavy atom. The molecule has 5 fully saturated rings. The van der Waals surface area contributed by atoms with E-state index in [0.717, 1.165) is 11.3 Å². The lowest BCUT2D eigenvalue weighted by atomic mass is 9.43. The number of methoxy groups -OCH3 is 1. The quantitative estimate of drug-likeness (QED) is 0.650. The molecule has 8 nitrogen and oxygen atoms in total. The summed E-state index contributed by atoms with van der Waals surface area (Å²) in [5.74, 6) is -0.283. The Balaban J connectivity index is 1.35. The Kier molecular flexibility index (Phi) is 5.15. The predicted octanol–water partition coefficient (Wildman–Crippen LogP) is 2.57. The molecule has 0 aromatic carbocycles. The highest BCUT2D eigenvalue weighted by Gasteiger charge is 2.67. The Labute approximate surface area is 172 Å². The first-order valence-electron chi connectivity index (χ1n) is 10.7.